The minimum atomic E-state index is -0.0284. The summed E-state index contributed by atoms with van der Waals surface area (Å²) in [5.41, 5.74) is -0.0284. The molecule has 0 bridgehead atoms. The molecule has 0 atom stereocenters. The lowest BCUT2D eigenvalue weighted by molar-refractivity contribution is 0.151. The fourth-order valence-corrected chi connectivity index (χ4v) is 2.00. The third kappa shape index (κ3) is 5.23. The maximum atomic E-state index is 9.31. The predicted octanol–water partition coefficient (Wildman–Crippen LogP) is 2.27. The van der Waals surface area contributed by atoms with Crippen molar-refractivity contribution in [2.75, 3.05) is 25.2 Å². The van der Waals surface area contributed by atoms with Crippen LogP contribution in [0.2, 0.25) is 0 Å². The summed E-state index contributed by atoms with van der Waals surface area (Å²) in [5.74, 6) is 1.24. The molecule has 0 radical (unpaired) electrons. The van der Waals surface area contributed by atoms with Gasteiger partial charge in [-0.2, -0.15) is 11.8 Å². The standard InChI is InChI=1S/C11H25NOS/c1-4-11(5-2,10-13)12-8-6-7-9-14-3/h12-13H,4-10H2,1-3H3. The van der Waals surface area contributed by atoms with Gasteiger partial charge >= 0.3 is 0 Å². The van der Waals surface area contributed by atoms with Crippen LogP contribution in [0, 0.1) is 0 Å². The van der Waals surface area contributed by atoms with Crippen LogP contribution >= 0.6 is 11.8 Å². The van der Waals surface area contributed by atoms with Crippen molar-refractivity contribution in [2.45, 2.75) is 45.1 Å². The molecule has 0 aromatic carbocycles. The molecule has 0 aliphatic heterocycles. The van der Waals surface area contributed by atoms with Crippen molar-refractivity contribution in [1.82, 2.24) is 5.32 Å². The van der Waals surface area contributed by atoms with Gasteiger partial charge in [0.25, 0.3) is 0 Å². The average Bonchev–Trinajstić information content (AvgIpc) is 2.24. The van der Waals surface area contributed by atoms with E-state index in [9.17, 15) is 5.11 Å². The normalized spacial score (nSPS) is 12.0. The summed E-state index contributed by atoms with van der Waals surface area (Å²) < 4.78 is 0. The lowest BCUT2D eigenvalue weighted by Crippen LogP contribution is -2.47. The maximum Gasteiger partial charge on any atom is 0.0613 e. The molecule has 2 N–H and O–H groups in total. The van der Waals surface area contributed by atoms with Crippen LogP contribution in [0.1, 0.15) is 39.5 Å². The Morgan fingerprint density at radius 3 is 2.29 bits per heavy atom. The molecule has 0 spiro atoms. The second-order valence-electron chi connectivity index (χ2n) is 3.77. The van der Waals surface area contributed by atoms with Gasteiger partial charge in [-0.05, 0) is 44.2 Å². The molecular weight excluding hydrogens is 194 g/mol. The first-order valence-corrected chi connectivity index (χ1v) is 6.99. The Morgan fingerprint density at radius 2 is 1.86 bits per heavy atom. The molecule has 0 unspecified atom stereocenters. The molecular formula is C11H25NOS. The van der Waals surface area contributed by atoms with Crippen LogP contribution in [0.25, 0.3) is 0 Å². The van der Waals surface area contributed by atoms with E-state index in [1.54, 1.807) is 0 Å². The monoisotopic (exact) mass is 219 g/mol. The summed E-state index contributed by atoms with van der Waals surface area (Å²) in [6.07, 6.45) is 6.63. The highest BCUT2D eigenvalue weighted by Crippen LogP contribution is 2.14. The third-order valence-corrected chi connectivity index (χ3v) is 3.63. The highest BCUT2D eigenvalue weighted by atomic mass is 32.2. The highest BCUT2D eigenvalue weighted by molar-refractivity contribution is 7.98. The lowest BCUT2D eigenvalue weighted by atomic mass is 9.94. The summed E-state index contributed by atoms with van der Waals surface area (Å²) in [5, 5.41) is 12.8. The van der Waals surface area contributed by atoms with E-state index < -0.39 is 0 Å². The second kappa shape index (κ2) is 8.57. The zero-order chi connectivity index (χ0) is 10.9. The number of aliphatic hydroxyl groups excluding tert-OH is 1. The van der Waals surface area contributed by atoms with Crippen LogP contribution in [-0.2, 0) is 0 Å². The van der Waals surface area contributed by atoms with Crippen LogP contribution in [-0.4, -0.2) is 35.8 Å². The zero-order valence-electron chi connectivity index (χ0n) is 9.81. The van der Waals surface area contributed by atoms with Gasteiger partial charge in [0.2, 0.25) is 0 Å². The molecule has 0 aliphatic rings. The van der Waals surface area contributed by atoms with Gasteiger partial charge in [0.15, 0.2) is 0 Å². The highest BCUT2D eigenvalue weighted by Gasteiger charge is 2.23. The topological polar surface area (TPSA) is 32.3 Å². The van der Waals surface area contributed by atoms with Crippen LogP contribution in [0.5, 0.6) is 0 Å². The van der Waals surface area contributed by atoms with Gasteiger partial charge in [-0.15, -0.1) is 0 Å². The number of nitrogens with one attached hydrogen (secondary N) is 1. The molecule has 3 heteroatoms. The lowest BCUT2D eigenvalue weighted by Gasteiger charge is -2.31. The van der Waals surface area contributed by atoms with E-state index in [4.69, 9.17) is 0 Å². The molecule has 2 nitrogen and oxygen atoms in total. The number of hydrogen-bond acceptors (Lipinski definition) is 3. The average molecular weight is 219 g/mol. The Bertz CT molecular complexity index is 118. The van der Waals surface area contributed by atoms with Crippen molar-refractivity contribution in [3.8, 4) is 0 Å². The smallest absolute Gasteiger partial charge is 0.0613 e. The van der Waals surface area contributed by atoms with Gasteiger partial charge in [0.1, 0.15) is 0 Å². The van der Waals surface area contributed by atoms with E-state index in [-0.39, 0.29) is 12.1 Å². The first-order chi connectivity index (χ1) is 6.74. The molecule has 0 fully saturated rings. The summed E-state index contributed by atoms with van der Waals surface area (Å²) in [7, 11) is 0. The minimum absolute atomic E-state index is 0.0284. The minimum Gasteiger partial charge on any atom is -0.394 e. The summed E-state index contributed by atoms with van der Waals surface area (Å²) in [4.78, 5) is 0. The van der Waals surface area contributed by atoms with Crippen LogP contribution in [0.4, 0.5) is 0 Å². The number of aliphatic hydroxyl groups is 1. The van der Waals surface area contributed by atoms with Gasteiger partial charge in [-0.25, -0.2) is 0 Å². The fraction of sp³-hybridized carbons (Fsp3) is 1.00. The molecule has 14 heavy (non-hydrogen) atoms. The third-order valence-electron chi connectivity index (χ3n) is 2.93. The summed E-state index contributed by atoms with van der Waals surface area (Å²) >= 11 is 1.90. The molecule has 0 aliphatic carbocycles. The first kappa shape index (κ1) is 14.3. The number of rotatable bonds is 9. The van der Waals surface area contributed by atoms with Crippen LogP contribution < -0.4 is 5.32 Å². The van der Waals surface area contributed by atoms with E-state index in [1.807, 2.05) is 11.8 Å². The Kier molecular flexibility index (Phi) is 8.73. The van der Waals surface area contributed by atoms with Gasteiger partial charge in [0, 0.05) is 5.54 Å². The van der Waals surface area contributed by atoms with E-state index in [2.05, 4.69) is 25.4 Å². The second-order valence-corrected chi connectivity index (χ2v) is 4.76. The zero-order valence-corrected chi connectivity index (χ0v) is 10.6. The van der Waals surface area contributed by atoms with Crippen LogP contribution in [0.3, 0.4) is 0 Å². The molecule has 0 saturated heterocycles. The largest absolute Gasteiger partial charge is 0.394 e. The van der Waals surface area contributed by atoms with Crippen molar-refractivity contribution in [1.29, 1.82) is 0 Å². The number of thioether (sulfide) groups is 1. The summed E-state index contributed by atoms with van der Waals surface area (Å²) in [6.45, 7) is 5.55. The van der Waals surface area contributed by atoms with Crippen molar-refractivity contribution in [3.05, 3.63) is 0 Å². The Hall–Kier alpha value is 0.270. The van der Waals surface area contributed by atoms with E-state index in [1.165, 1.54) is 18.6 Å². The Balaban J connectivity index is 3.61. The molecule has 0 aromatic heterocycles. The number of hydrogen-bond donors (Lipinski definition) is 2. The molecule has 0 aromatic rings. The predicted molar refractivity (Wildman–Crippen MR) is 66.0 cm³/mol. The first-order valence-electron chi connectivity index (χ1n) is 5.59. The molecule has 0 saturated carbocycles. The van der Waals surface area contributed by atoms with Crippen LogP contribution in [0.15, 0.2) is 0 Å². The van der Waals surface area contributed by atoms with Gasteiger partial charge in [0.05, 0.1) is 6.61 Å². The summed E-state index contributed by atoms with van der Waals surface area (Å²) in [6, 6.07) is 0. The molecule has 0 amide bonds. The van der Waals surface area contributed by atoms with Crippen molar-refractivity contribution in [3.63, 3.8) is 0 Å². The Labute approximate surface area is 92.9 Å². The quantitative estimate of drug-likeness (QED) is 0.584. The van der Waals surface area contributed by atoms with Crippen molar-refractivity contribution in [2.24, 2.45) is 0 Å². The van der Waals surface area contributed by atoms with Gasteiger partial charge in [-0.3, -0.25) is 0 Å². The molecule has 0 heterocycles. The molecule has 0 rings (SSSR count). The van der Waals surface area contributed by atoms with Crippen molar-refractivity contribution >= 4 is 11.8 Å². The van der Waals surface area contributed by atoms with E-state index in [0.29, 0.717) is 0 Å². The SMILES string of the molecule is CCC(CC)(CO)NCCCCSC. The maximum absolute atomic E-state index is 9.31. The fourth-order valence-electron chi connectivity index (χ4n) is 1.50. The van der Waals surface area contributed by atoms with E-state index in [0.717, 1.165) is 19.4 Å². The molecule has 86 valence electrons. The van der Waals surface area contributed by atoms with Gasteiger partial charge < -0.3 is 10.4 Å². The van der Waals surface area contributed by atoms with Gasteiger partial charge in [-0.1, -0.05) is 13.8 Å². The van der Waals surface area contributed by atoms with Crippen molar-refractivity contribution < 1.29 is 5.11 Å². The van der Waals surface area contributed by atoms with E-state index >= 15 is 0 Å². The number of unbranched alkanes of at least 4 members (excludes halogenated alkanes) is 1. The Morgan fingerprint density at radius 1 is 1.21 bits per heavy atom.